The molecule has 0 saturated heterocycles. The van der Waals surface area contributed by atoms with Gasteiger partial charge in [-0.1, -0.05) is 6.92 Å². The van der Waals surface area contributed by atoms with Gasteiger partial charge in [0.15, 0.2) is 5.82 Å². The van der Waals surface area contributed by atoms with Crippen molar-refractivity contribution < 1.29 is 0 Å². The van der Waals surface area contributed by atoms with Gasteiger partial charge in [0.1, 0.15) is 5.82 Å². The zero-order valence-electron chi connectivity index (χ0n) is 12.8. The van der Waals surface area contributed by atoms with Crippen molar-refractivity contribution in [3.8, 4) is 11.4 Å². The van der Waals surface area contributed by atoms with Gasteiger partial charge in [0.25, 0.3) is 0 Å². The predicted molar refractivity (Wildman–Crippen MR) is 87.8 cm³/mol. The van der Waals surface area contributed by atoms with Crippen LogP contribution in [-0.4, -0.2) is 30.1 Å². The lowest BCUT2D eigenvalue weighted by Gasteiger charge is -2.27. The molecule has 1 aromatic heterocycles. The molecule has 4 nitrogen and oxygen atoms in total. The molecular weight excluding hydrogens is 260 g/mol. The maximum absolute atomic E-state index is 4.61. The number of hydrogen-bond donors (Lipinski definition) is 1. The van der Waals surface area contributed by atoms with Crippen LogP contribution in [0.2, 0.25) is 0 Å². The third-order valence-electron chi connectivity index (χ3n) is 3.90. The van der Waals surface area contributed by atoms with Crippen molar-refractivity contribution in [1.82, 2.24) is 9.97 Å². The van der Waals surface area contributed by atoms with Crippen molar-refractivity contribution in [3.63, 3.8) is 0 Å². The molecule has 4 heteroatoms. The molecular formula is C17H22N4. The van der Waals surface area contributed by atoms with Crippen LogP contribution in [0.3, 0.4) is 0 Å². The topological polar surface area (TPSA) is 41.1 Å². The summed E-state index contributed by atoms with van der Waals surface area (Å²) in [4.78, 5) is 11.4. The fourth-order valence-corrected chi connectivity index (χ4v) is 2.77. The Morgan fingerprint density at radius 2 is 2.19 bits per heavy atom. The van der Waals surface area contributed by atoms with E-state index in [0.717, 1.165) is 43.1 Å². The number of aryl methyl sites for hydroxylation is 1. The first-order valence-electron chi connectivity index (χ1n) is 7.69. The smallest absolute Gasteiger partial charge is 0.161 e. The summed E-state index contributed by atoms with van der Waals surface area (Å²) in [5.74, 6) is 1.70. The summed E-state index contributed by atoms with van der Waals surface area (Å²) in [5, 5.41) is 3.31. The molecule has 2 heterocycles. The van der Waals surface area contributed by atoms with Crippen LogP contribution in [0.5, 0.6) is 0 Å². The number of anilines is 2. The van der Waals surface area contributed by atoms with Gasteiger partial charge in [0, 0.05) is 37.6 Å². The number of fused-ring (bicyclic) bond motifs is 1. The quantitative estimate of drug-likeness (QED) is 0.933. The molecule has 0 aliphatic carbocycles. The van der Waals surface area contributed by atoms with Crippen molar-refractivity contribution in [1.29, 1.82) is 0 Å². The van der Waals surface area contributed by atoms with Gasteiger partial charge in [-0.15, -0.1) is 0 Å². The highest BCUT2D eigenvalue weighted by Gasteiger charge is 2.14. The number of nitrogens with one attached hydrogen (secondary N) is 1. The minimum Gasteiger partial charge on any atom is -0.374 e. The van der Waals surface area contributed by atoms with E-state index in [0.29, 0.717) is 0 Å². The molecule has 0 unspecified atom stereocenters. The van der Waals surface area contributed by atoms with Crippen molar-refractivity contribution in [2.45, 2.75) is 26.2 Å². The van der Waals surface area contributed by atoms with Crippen LogP contribution in [0.4, 0.5) is 11.5 Å². The summed E-state index contributed by atoms with van der Waals surface area (Å²) in [6, 6.07) is 8.48. The Balaban J connectivity index is 1.90. The molecule has 1 aliphatic heterocycles. The van der Waals surface area contributed by atoms with Crippen molar-refractivity contribution in [2.75, 3.05) is 30.4 Å². The van der Waals surface area contributed by atoms with E-state index in [4.69, 9.17) is 0 Å². The van der Waals surface area contributed by atoms with Crippen LogP contribution in [0.15, 0.2) is 30.5 Å². The fraction of sp³-hybridized carbons (Fsp3) is 0.412. The number of nitrogens with zero attached hydrogens (tertiary/aromatic N) is 3. The van der Waals surface area contributed by atoms with Gasteiger partial charge in [0.2, 0.25) is 0 Å². The van der Waals surface area contributed by atoms with Gasteiger partial charge in [-0.3, -0.25) is 0 Å². The molecule has 0 radical (unpaired) electrons. The minimum absolute atomic E-state index is 0.798. The molecule has 3 rings (SSSR count). The zero-order valence-corrected chi connectivity index (χ0v) is 12.8. The Kier molecular flexibility index (Phi) is 4.04. The average Bonchev–Trinajstić information content (AvgIpc) is 2.53. The second-order valence-corrected chi connectivity index (χ2v) is 5.56. The maximum atomic E-state index is 4.61. The number of benzene rings is 1. The zero-order chi connectivity index (χ0) is 14.7. The Hall–Kier alpha value is -2.10. The van der Waals surface area contributed by atoms with Crippen LogP contribution in [0.1, 0.15) is 25.3 Å². The number of hydrogen-bond acceptors (Lipinski definition) is 4. The van der Waals surface area contributed by atoms with Gasteiger partial charge in [-0.05, 0) is 49.1 Å². The third-order valence-corrected chi connectivity index (χ3v) is 3.90. The predicted octanol–water partition coefficient (Wildman–Crippen LogP) is 3.35. The lowest BCUT2D eigenvalue weighted by Crippen LogP contribution is -2.24. The molecule has 1 N–H and O–H groups in total. The van der Waals surface area contributed by atoms with E-state index in [2.05, 4.69) is 52.4 Å². The molecule has 1 aliphatic rings. The van der Waals surface area contributed by atoms with Crippen LogP contribution < -0.4 is 10.2 Å². The van der Waals surface area contributed by atoms with E-state index < -0.39 is 0 Å². The second kappa shape index (κ2) is 6.12. The lowest BCUT2D eigenvalue weighted by molar-refractivity contribution is 0.744. The largest absolute Gasteiger partial charge is 0.374 e. The van der Waals surface area contributed by atoms with Crippen LogP contribution in [-0.2, 0) is 6.42 Å². The van der Waals surface area contributed by atoms with Crippen LogP contribution in [0, 0.1) is 0 Å². The minimum atomic E-state index is 0.798. The molecule has 0 atom stereocenters. The van der Waals surface area contributed by atoms with Crippen molar-refractivity contribution >= 4 is 11.5 Å². The molecule has 0 bridgehead atoms. The van der Waals surface area contributed by atoms with Gasteiger partial charge >= 0.3 is 0 Å². The molecule has 2 aromatic rings. The Bertz CT molecular complexity index is 624. The molecule has 0 fully saturated rings. The highest BCUT2D eigenvalue weighted by Crippen LogP contribution is 2.29. The highest BCUT2D eigenvalue weighted by atomic mass is 15.1. The molecule has 21 heavy (non-hydrogen) atoms. The highest BCUT2D eigenvalue weighted by molar-refractivity contribution is 5.66. The van der Waals surface area contributed by atoms with Gasteiger partial charge in [-0.25, -0.2) is 9.97 Å². The van der Waals surface area contributed by atoms with Crippen molar-refractivity contribution in [2.24, 2.45) is 0 Å². The summed E-state index contributed by atoms with van der Waals surface area (Å²) >= 11 is 0. The van der Waals surface area contributed by atoms with E-state index >= 15 is 0 Å². The molecule has 1 aromatic carbocycles. The van der Waals surface area contributed by atoms with E-state index in [1.807, 2.05) is 12.3 Å². The second-order valence-electron chi connectivity index (χ2n) is 5.56. The SMILES string of the molecule is CCCNc1ccnc(-c2ccc3c(c2)CCCN3C)n1. The summed E-state index contributed by atoms with van der Waals surface area (Å²) in [5.41, 5.74) is 3.84. The first-order valence-corrected chi connectivity index (χ1v) is 7.69. The first-order chi connectivity index (χ1) is 10.3. The molecule has 0 saturated carbocycles. The molecule has 0 spiro atoms. The summed E-state index contributed by atoms with van der Waals surface area (Å²) in [6.45, 7) is 4.22. The van der Waals surface area contributed by atoms with E-state index in [1.54, 1.807) is 0 Å². The molecule has 110 valence electrons. The number of aromatic nitrogens is 2. The van der Waals surface area contributed by atoms with Crippen LogP contribution >= 0.6 is 0 Å². The fourth-order valence-electron chi connectivity index (χ4n) is 2.77. The average molecular weight is 282 g/mol. The number of rotatable bonds is 4. The summed E-state index contributed by atoms with van der Waals surface area (Å²) in [6.07, 6.45) is 5.27. The van der Waals surface area contributed by atoms with E-state index in [-0.39, 0.29) is 0 Å². The lowest BCUT2D eigenvalue weighted by atomic mass is 9.99. The van der Waals surface area contributed by atoms with Gasteiger partial charge in [-0.2, -0.15) is 0 Å². The summed E-state index contributed by atoms with van der Waals surface area (Å²) in [7, 11) is 2.16. The monoisotopic (exact) mass is 282 g/mol. The molecule has 0 amide bonds. The van der Waals surface area contributed by atoms with Crippen molar-refractivity contribution in [3.05, 3.63) is 36.0 Å². The Labute approximate surface area is 126 Å². The first kappa shape index (κ1) is 13.9. The maximum Gasteiger partial charge on any atom is 0.161 e. The Morgan fingerprint density at radius 1 is 1.29 bits per heavy atom. The van der Waals surface area contributed by atoms with Gasteiger partial charge < -0.3 is 10.2 Å². The normalized spacial score (nSPS) is 13.9. The van der Waals surface area contributed by atoms with Crippen LogP contribution in [0.25, 0.3) is 11.4 Å². The standard InChI is InChI=1S/C17H22N4/c1-3-9-18-16-8-10-19-17(20-16)14-6-7-15-13(12-14)5-4-11-21(15)2/h6-8,10,12H,3-5,9,11H2,1-2H3,(H,18,19,20). The van der Waals surface area contributed by atoms with E-state index in [1.165, 1.54) is 17.7 Å². The summed E-state index contributed by atoms with van der Waals surface area (Å²) < 4.78 is 0. The third kappa shape index (κ3) is 2.99. The van der Waals surface area contributed by atoms with E-state index in [9.17, 15) is 0 Å². The Morgan fingerprint density at radius 3 is 3.05 bits per heavy atom. The van der Waals surface area contributed by atoms with Gasteiger partial charge in [0.05, 0.1) is 0 Å².